The van der Waals surface area contributed by atoms with Crippen LogP contribution in [0.5, 0.6) is 0 Å². The summed E-state index contributed by atoms with van der Waals surface area (Å²) in [5.41, 5.74) is 16.2. The number of rotatable bonds is 4. The monoisotopic (exact) mass is 545 g/mol. The smallest absolute Gasteiger partial charge is 0.108 e. The number of hydrogen-bond acceptors (Lipinski definition) is 3. The topological polar surface area (TPSA) is 65.1 Å². The number of hydrazine groups is 1. The van der Waals surface area contributed by atoms with E-state index in [1.807, 2.05) is 13.1 Å². The lowest BCUT2D eigenvalue weighted by Gasteiger charge is -2.33. The number of benzene rings is 5. The molecule has 4 N–H and O–H groups in total. The van der Waals surface area contributed by atoms with Crippen molar-refractivity contribution in [3.8, 4) is 16.8 Å². The number of nitrogens with two attached hydrogens (primary N) is 2. The molecule has 0 saturated heterocycles. The summed E-state index contributed by atoms with van der Waals surface area (Å²) in [7, 11) is 0. The fourth-order valence-corrected chi connectivity index (χ4v) is 6.67. The highest BCUT2D eigenvalue weighted by Gasteiger charge is 2.26. The first kappa shape index (κ1) is 24.7. The Labute approximate surface area is 244 Å². The van der Waals surface area contributed by atoms with Crippen molar-refractivity contribution in [1.29, 1.82) is 0 Å². The van der Waals surface area contributed by atoms with Crippen LogP contribution in [-0.2, 0) is 0 Å². The summed E-state index contributed by atoms with van der Waals surface area (Å²) in [6.45, 7) is 2.04. The van der Waals surface area contributed by atoms with Crippen molar-refractivity contribution in [2.24, 2.45) is 11.6 Å². The fourth-order valence-electron chi connectivity index (χ4n) is 6.67. The van der Waals surface area contributed by atoms with Gasteiger partial charge in [0.05, 0.1) is 28.1 Å². The summed E-state index contributed by atoms with van der Waals surface area (Å²) in [6.07, 6.45) is 5.77. The molecule has 2 aromatic heterocycles. The van der Waals surface area contributed by atoms with Crippen LogP contribution in [0, 0.1) is 0 Å². The summed E-state index contributed by atoms with van der Waals surface area (Å²) < 4.78 is 4.58. The molecule has 5 aromatic carbocycles. The number of allylic oxidation sites excluding steroid dienone is 2. The van der Waals surface area contributed by atoms with Gasteiger partial charge in [-0.3, -0.25) is 0 Å². The van der Waals surface area contributed by atoms with Gasteiger partial charge in [0.2, 0.25) is 0 Å². The molecule has 5 nitrogen and oxygen atoms in total. The lowest BCUT2D eigenvalue weighted by atomic mass is 10.0. The third-order valence-corrected chi connectivity index (χ3v) is 8.63. The zero-order valence-corrected chi connectivity index (χ0v) is 23.4. The normalized spacial score (nSPS) is 16.1. The first-order chi connectivity index (χ1) is 20.6. The number of hydrogen-bond donors (Lipinski definition) is 2. The Morgan fingerprint density at radius 3 is 1.88 bits per heavy atom. The molecule has 0 saturated carbocycles. The van der Waals surface area contributed by atoms with Crippen molar-refractivity contribution in [2.45, 2.75) is 19.1 Å². The van der Waals surface area contributed by atoms with Crippen LogP contribution >= 0.6 is 0 Å². The Morgan fingerprint density at radius 2 is 1.17 bits per heavy atom. The zero-order chi connectivity index (χ0) is 28.4. The summed E-state index contributed by atoms with van der Waals surface area (Å²) in [6, 6.07) is 41.1. The highest BCUT2D eigenvalue weighted by molar-refractivity contribution is 6.12. The van der Waals surface area contributed by atoms with E-state index in [9.17, 15) is 0 Å². The first-order valence-electron chi connectivity index (χ1n) is 14.4. The van der Waals surface area contributed by atoms with Crippen molar-refractivity contribution < 1.29 is 0 Å². The third-order valence-electron chi connectivity index (χ3n) is 8.63. The molecule has 0 aliphatic carbocycles. The van der Waals surface area contributed by atoms with E-state index in [1.54, 1.807) is 5.01 Å². The van der Waals surface area contributed by atoms with Gasteiger partial charge in [0.25, 0.3) is 0 Å². The molecule has 1 aliphatic rings. The van der Waals surface area contributed by atoms with Gasteiger partial charge in [0.1, 0.15) is 6.17 Å². The molecule has 2 atom stereocenters. The summed E-state index contributed by atoms with van der Waals surface area (Å²) in [5.74, 6) is 6.40. The summed E-state index contributed by atoms with van der Waals surface area (Å²) in [5, 5.41) is 6.57. The molecule has 0 amide bonds. The van der Waals surface area contributed by atoms with Crippen LogP contribution in [0.1, 0.15) is 13.1 Å². The Hall–Kier alpha value is -5.10. The van der Waals surface area contributed by atoms with E-state index in [0.29, 0.717) is 0 Å². The minimum atomic E-state index is -0.357. The Kier molecular flexibility index (Phi) is 5.57. The number of aromatic nitrogens is 2. The lowest BCUT2D eigenvalue weighted by Crippen LogP contribution is -2.46. The van der Waals surface area contributed by atoms with Gasteiger partial charge in [-0.25, -0.2) is 5.84 Å². The molecule has 7 aromatic rings. The van der Waals surface area contributed by atoms with Crippen molar-refractivity contribution in [3.05, 3.63) is 139 Å². The van der Waals surface area contributed by atoms with Crippen LogP contribution in [0.2, 0.25) is 0 Å². The molecule has 5 heteroatoms. The van der Waals surface area contributed by atoms with Gasteiger partial charge in [-0.05, 0) is 72.2 Å². The van der Waals surface area contributed by atoms with E-state index in [-0.39, 0.29) is 12.2 Å². The average molecular weight is 546 g/mol. The van der Waals surface area contributed by atoms with E-state index < -0.39 is 0 Å². The van der Waals surface area contributed by atoms with Crippen molar-refractivity contribution in [2.75, 3.05) is 0 Å². The molecule has 204 valence electrons. The van der Waals surface area contributed by atoms with Crippen LogP contribution in [0.3, 0.4) is 0 Å². The van der Waals surface area contributed by atoms with Gasteiger partial charge in [0.15, 0.2) is 0 Å². The molecule has 0 bridgehead atoms. The SMILES string of the molecule is CC1=CN(N)[C@H](C(N)n2c3ccccc3c3cc(-c4ccc5c(c4)c4ccccc4n5-c4ccccc4)ccc32)C=C1. The van der Waals surface area contributed by atoms with Crippen LogP contribution in [0.15, 0.2) is 139 Å². The predicted molar refractivity (Wildman–Crippen MR) is 175 cm³/mol. The van der Waals surface area contributed by atoms with Crippen molar-refractivity contribution >= 4 is 43.6 Å². The maximum absolute atomic E-state index is 6.96. The van der Waals surface area contributed by atoms with Gasteiger partial charge >= 0.3 is 0 Å². The van der Waals surface area contributed by atoms with Crippen molar-refractivity contribution in [1.82, 2.24) is 14.1 Å². The molecule has 3 heterocycles. The maximum Gasteiger partial charge on any atom is 0.108 e. The molecule has 1 unspecified atom stereocenters. The quantitative estimate of drug-likeness (QED) is 0.220. The molecule has 0 spiro atoms. The van der Waals surface area contributed by atoms with Gasteiger partial charge in [-0.2, -0.15) is 0 Å². The minimum Gasteiger partial charge on any atom is -0.322 e. The van der Waals surface area contributed by atoms with Gasteiger partial charge < -0.3 is 19.9 Å². The largest absolute Gasteiger partial charge is 0.322 e. The van der Waals surface area contributed by atoms with Gasteiger partial charge in [-0.15, -0.1) is 0 Å². The highest BCUT2D eigenvalue weighted by Crippen LogP contribution is 2.38. The molecule has 8 rings (SSSR count). The summed E-state index contributed by atoms with van der Waals surface area (Å²) in [4.78, 5) is 0. The molecule has 1 aliphatic heterocycles. The zero-order valence-electron chi connectivity index (χ0n) is 23.4. The van der Waals surface area contributed by atoms with Gasteiger partial charge in [-0.1, -0.05) is 78.9 Å². The highest BCUT2D eigenvalue weighted by atomic mass is 15.4. The Balaban J connectivity index is 1.29. The second-order valence-electron chi connectivity index (χ2n) is 11.2. The maximum atomic E-state index is 6.96. The van der Waals surface area contributed by atoms with E-state index >= 15 is 0 Å². The average Bonchev–Trinajstić information content (AvgIpc) is 3.53. The lowest BCUT2D eigenvalue weighted by molar-refractivity contribution is 0.252. The van der Waals surface area contributed by atoms with Gasteiger partial charge in [0, 0.05) is 33.4 Å². The fraction of sp³-hybridized carbons (Fsp3) is 0.0811. The second-order valence-corrected chi connectivity index (χ2v) is 11.2. The van der Waals surface area contributed by atoms with Crippen LogP contribution < -0.4 is 11.6 Å². The van der Waals surface area contributed by atoms with E-state index in [0.717, 1.165) is 22.3 Å². The predicted octanol–water partition coefficient (Wildman–Crippen LogP) is 8.03. The molecule has 0 radical (unpaired) electrons. The Morgan fingerprint density at radius 1 is 0.619 bits per heavy atom. The number of nitrogens with zero attached hydrogens (tertiary/aromatic N) is 3. The number of fused-ring (bicyclic) bond motifs is 6. The molecule has 42 heavy (non-hydrogen) atoms. The van der Waals surface area contributed by atoms with E-state index in [4.69, 9.17) is 11.6 Å². The molecule has 0 fully saturated rings. The second kappa shape index (κ2) is 9.48. The molecular weight excluding hydrogens is 514 g/mol. The number of para-hydroxylation sites is 3. The molecular formula is C37H31N5. The first-order valence-corrected chi connectivity index (χ1v) is 14.4. The van der Waals surface area contributed by atoms with Crippen LogP contribution in [0.4, 0.5) is 0 Å². The van der Waals surface area contributed by atoms with Crippen molar-refractivity contribution in [3.63, 3.8) is 0 Å². The van der Waals surface area contributed by atoms with E-state index in [1.165, 1.54) is 43.7 Å². The summed E-state index contributed by atoms with van der Waals surface area (Å²) >= 11 is 0. The Bertz CT molecular complexity index is 2200. The standard InChI is InChI=1S/C37H31N5/c1-24-15-18-36(40(39)23-24)37(38)42-33-14-8-6-12-29(33)31-22-26(17-20-35(31)42)25-16-19-34-30(21-25)28-11-5-7-13-32(28)41(34)27-9-3-2-4-10-27/h2-23,36-37H,38-39H2,1H3/t36-,37?/m0/s1. The third kappa shape index (κ3) is 3.72. The van der Waals surface area contributed by atoms with Crippen LogP contribution in [0.25, 0.3) is 60.4 Å². The minimum absolute atomic E-state index is 0.156. The van der Waals surface area contributed by atoms with E-state index in [2.05, 4.69) is 137 Å². The van der Waals surface area contributed by atoms with Crippen LogP contribution in [-0.4, -0.2) is 20.2 Å².